The highest BCUT2D eigenvalue weighted by atomic mass is 19.4. The van der Waals surface area contributed by atoms with Gasteiger partial charge in [0.25, 0.3) is 0 Å². The molecular formula is C22H11F6NO3. The zero-order chi connectivity index (χ0) is 23.3. The number of hydrogen-bond donors (Lipinski definition) is 1. The summed E-state index contributed by atoms with van der Waals surface area (Å²) in [4.78, 5) is 15.2. The van der Waals surface area contributed by atoms with Crippen LogP contribution in [0.4, 0.5) is 26.3 Å². The van der Waals surface area contributed by atoms with Crippen molar-refractivity contribution in [3.8, 4) is 22.6 Å². The van der Waals surface area contributed by atoms with Gasteiger partial charge in [-0.05, 0) is 54.6 Å². The number of carbonyl (C=O) groups is 1. The van der Waals surface area contributed by atoms with E-state index in [1.165, 1.54) is 30.3 Å². The number of benzene rings is 2. The summed E-state index contributed by atoms with van der Waals surface area (Å²) in [7, 11) is 0. The fraction of sp³-hybridized carbons (Fsp3) is 0.0909. The predicted octanol–water partition coefficient (Wildman–Crippen LogP) is 6.90. The molecule has 0 aliphatic heterocycles. The monoisotopic (exact) mass is 451 g/mol. The zero-order valence-electron chi connectivity index (χ0n) is 15.8. The molecule has 2 aromatic carbocycles. The van der Waals surface area contributed by atoms with Gasteiger partial charge in [-0.3, -0.25) is 0 Å². The first-order valence-corrected chi connectivity index (χ1v) is 8.96. The molecule has 0 atom stereocenters. The molecule has 2 heterocycles. The molecule has 0 aliphatic rings. The number of halogens is 6. The van der Waals surface area contributed by atoms with Crippen molar-refractivity contribution in [1.29, 1.82) is 0 Å². The normalized spacial score (nSPS) is 12.3. The summed E-state index contributed by atoms with van der Waals surface area (Å²) in [6.07, 6.45) is -9.92. The van der Waals surface area contributed by atoms with Gasteiger partial charge in [0.15, 0.2) is 0 Å². The summed E-state index contributed by atoms with van der Waals surface area (Å²) in [5.74, 6) is -1.21. The summed E-state index contributed by atoms with van der Waals surface area (Å²) >= 11 is 0. The molecule has 0 unspecified atom stereocenters. The molecule has 164 valence electrons. The first kappa shape index (κ1) is 21.4. The number of fused-ring (bicyclic) bond motifs is 1. The molecule has 0 spiro atoms. The topological polar surface area (TPSA) is 63.3 Å². The highest BCUT2D eigenvalue weighted by Gasteiger charge is 2.37. The highest BCUT2D eigenvalue weighted by Crippen LogP contribution is 2.38. The summed E-state index contributed by atoms with van der Waals surface area (Å²) in [6.45, 7) is 0. The van der Waals surface area contributed by atoms with Crippen LogP contribution in [-0.2, 0) is 12.4 Å². The highest BCUT2D eigenvalue weighted by molar-refractivity contribution is 5.87. The Morgan fingerprint density at radius 1 is 0.781 bits per heavy atom. The Hall–Kier alpha value is -3.82. The average Bonchev–Trinajstić information content (AvgIpc) is 3.22. The molecule has 0 aliphatic carbocycles. The van der Waals surface area contributed by atoms with Gasteiger partial charge >= 0.3 is 18.3 Å². The molecule has 0 bridgehead atoms. The Balaban J connectivity index is 1.78. The molecule has 0 amide bonds. The van der Waals surface area contributed by atoms with E-state index in [9.17, 15) is 31.1 Å². The second-order valence-electron chi connectivity index (χ2n) is 6.87. The summed E-state index contributed by atoms with van der Waals surface area (Å²) < 4.78 is 84.0. The van der Waals surface area contributed by atoms with Crippen molar-refractivity contribution in [1.82, 2.24) is 4.98 Å². The number of nitrogens with zero attached hydrogens (tertiary/aromatic N) is 1. The average molecular weight is 451 g/mol. The van der Waals surface area contributed by atoms with Gasteiger partial charge in [-0.2, -0.15) is 26.3 Å². The lowest BCUT2D eigenvalue weighted by Gasteiger charge is -2.14. The van der Waals surface area contributed by atoms with Crippen LogP contribution in [0.5, 0.6) is 0 Å². The lowest BCUT2D eigenvalue weighted by Crippen LogP contribution is -2.11. The minimum absolute atomic E-state index is 0.0611. The lowest BCUT2D eigenvalue weighted by atomic mass is 10.0. The third-order valence-electron chi connectivity index (χ3n) is 4.67. The van der Waals surface area contributed by atoms with E-state index < -0.39 is 29.4 Å². The van der Waals surface area contributed by atoms with Crippen molar-refractivity contribution in [2.45, 2.75) is 12.4 Å². The molecule has 0 fully saturated rings. The SMILES string of the molecule is O=C(O)c1ccc(-c2ccc3nc(-c4cc(C(F)(F)F)cc(C(F)(F)F)c4)ccc3c2)o1. The maximum absolute atomic E-state index is 13.1. The largest absolute Gasteiger partial charge is 0.475 e. The van der Waals surface area contributed by atoms with Crippen LogP contribution in [0.25, 0.3) is 33.5 Å². The number of alkyl halides is 6. The summed E-state index contributed by atoms with van der Waals surface area (Å²) in [5.41, 5.74) is -2.39. The molecule has 32 heavy (non-hydrogen) atoms. The Morgan fingerprint density at radius 3 is 2.00 bits per heavy atom. The van der Waals surface area contributed by atoms with Crippen LogP contribution in [0, 0.1) is 0 Å². The van der Waals surface area contributed by atoms with Crippen molar-refractivity contribution >= 4 is 16.9 Å². The number of pyridine rings is 1. The molecule has 0 saturated carbocycles. The molecule has 0 radical (unpaired) electrons. The number of rotatable bonds is 3. The second kappa shape index (κ2) is 7.40. The summed E-state index contributed by atoms with van der Waals surface area (Å²) in [5, 5.41) is 9.48. The van der Waals surface area contributed by atoms with E-state index in [2.05, 4.69) is 4.98 Å². The smallest absolute Gasteiger partial charge is 0.416 e. The Morgan fingerprint density at radius 2 is 1.44 bits per heavy atom. The van der Waals surface area contributed by atoms with Gasteiger partial charge in [0.1, 0.15) is 5.76 Å². The van der Waals surface area contributed by atoms with Crippen molar-refractivity contribution in [2.24, 2.45) is 0 Å². The van der Waals surface area contributed by atoms with E-state index in [0.717, 1.165) is 0 Å². The third-order valence-corrected chi connectivity index (χ3v) is 4.67. The summed E-state index contributed by atoms with van der Waals surface area (Å²) in [6, 6.07) is 11.5. The molecule has 4 aromatic rings. The predicted molar refractivity (Wildman–Crippen MR) is 102 cm³/mol. The minimum Gasteiger partial charge on any atom is -0.475 e. The third kappa shape index (κ3) is 4.16. The molecule has 4 rings (SSSR count). The molecule has 10 heteroatoms. The van der Waals surface area contributed by atoms with Crippen LogP contribution in [-0.4, -0.2) is 16.1 Å². The number of hydrogen-bond acceptors (Lipinski definition) is 3. The molecule has 1 N–H and O–H groups in total. The van der Waals surface area contributed by atoms with Gasteiger partial charge in [0.05, 0.1) is 22.3 Å². The van der Waals surface area contributed by atoms with Crippen molar-refractivity contribution < 1.29 is 40.7 Å². The maximum atomic E-state index is 13.1. The van der Waals surface area contributed by atoms with E-state index >= 15 is 0 Å². The van der Waals surface area contributed by atoms with Crippen LogP contribution in [0.15, 0.2) is 65.1 Å². The Bertz CT molecular complexity index is 1310. The van der Waals surface area contributed by atoms with Gasteiger partial charge < -0.3 is 9.52 Å². The fourth-order valence-electron chi connectivity index (χ4n) is 3.15. The van der Waals surface area contributed by atoms with Crippen LogP contribution in [0.1, 0.15) is 21.7 Å². The lowest BCUT2D eigenvalue weighted by molar-refractivity contribution is -0.143. The van der Waals surface area contributed by atoms with E-state index in [0.29, 0.717) is 28.6 Å². The first-order chi connectivity index (χ1) is 14.9. The molecule has 2 aromatic heterocycles. The zero-order valence-corrected chi connectivity index (χ0v) is 15.8. The van der Waals surface area contributed by atoms with Gasteiger partial charge in [0, 0.05) is 16.5 Å². The van der Waals surface area contributed by atoms with Crippen LogP contribution >= 0.6 is 0 Å². The number of carboxylic acid groups (broad SMARTS) is 1. The van der Waals surface area contributed by atoms with Crippen LogP contribution < -0.4 is 0 Å². The second-order valence-corrected chi connectivity index (χ2v) is 6.87. The number of aromatic carboxylic acids is 1. The number of furan rings is 1. The van der Waals surface area contributed by atoms with Crippen molar-refractivity contribution in [3.63, 3.8) is 0 Å². The van der Waals surface area contributed by atoms with E-state index in [-0.39, 0.29) is 28.8 Å². The standard InChI is InChI=1S/C22H11F6NO3/c23-21(24,25)14-8-13(9-15(10-14)22(26,27)28)17-3-1-11-7-12(2-4-16(11)29-17)18-5-6-19(32-18)20(30)31/h1-10H,(H,30,31). The van der Waals surface area contributed by atoms with Crippen LogP contribution in [0.2, 0.25) is 0 Å². The molecule has 4 nitrogen and oxygen atoms in total. The van der Waals surface area contributed by atoms with Crippen molar-refractivity contribution in [3.05, 3.63) is 77.6 Å². The first-order valence-electron chi connectivity index (χ1n) is 8.96. The fourth-order valence-corrected chi connectivity index (χ4v) is 3.15. The number of aromatic nitrogens is 1. The van der Waals surface area contributed by atoms with Crippen molar-refractivity contribution in [2.75, 3.05) is 0 Å². The van der Waals surface area contributed by atoms with Gasteiger partial charge in [-0.1, -0.05) is 6.07 Å². The quantitative estimate of drug-likeness (QED) is 0.344. The Kier molecular flexibility index (Phi) is 4.95. The van der Waals surface area contributed by atoms with Crippen LogP contribution in [0.3, 0.4) is 0 Å². The molecular weight excluding hydrogens is 440 g/mol. The number of carboxylic acids is 1. The van der Waals surface area contributed by atoms with E-state index in [1.807, 2.05) is 0 Å². The molecule has 0 saturated heterocycles. The maximum Gasteiger partial charge on any atom is 0.416 e. The van der Waals surface area contributed by atoms with Gasteiger partial charge in [0.2, 0.25) is 5.76 Å². The minimum atomic E-state index is -4.96. The van der Waals surface area contributed by atoms with E-state index in [1.54, 1.807) is 12.1 Å². The van der Waals surface area contributed by atoms with E-state index in [4.69, 9.17) is 9.52 Å². The van der Waals surface area contributed by atoms with Gasteiger partial charge in [-0.25, -0.2) is 9.78 Å². The Labute approximate surface area is 175 Å². The van der Waals surface area contributed by atoms with Gasteiger partial charge in [-0.15, -0.1) is 0 Å².